The summed E-state index contributed by atoms with van der Waals surface area (Å²) in [5, 5.41) is 6.05. The topological polar surface area (TPSA) is 39.7 Å². The number of benzene rings is 4. The van der Waals surface area contributed by atoms with Crippen LogP contribution < -0.4 is 10.1 Å². The molecule has 0 aromatic heterocycles. The van der Waals surface area contributed by atoms with E-state index in [-0.39, 0.29) is 12.2 Å². The maximum atomic E-state index is 6.65. The Morgan fingerprint density at radius 1 is 0.868 bits per heavy atom. The largest absolute Gasteiger partial charge is 0.485 e. The summed E-state index contributed by atoms with van der Waals surface area (Å²) >= 11 is 0. The first-order chi connectivity index (χ1) is 18.4. The Hall–Kier alpha value is -3.34. The molecule has 4 heteroatoms. The number of rotatable bonds is 10. The van der Waals surface area contributed by atoms with Crippen LogP contribution in [0.25, 0.3) is 10.8 Å². The molecule has 2 atom stereocenters. The maximum Gasteiger partial charge on any atom is 0.132 e. The van der Waals surface area contributed by atoms with Crippen LogP contribution in [0.4, 0.5) is 5.69 Å². The van der Waals surface area contributed by atoms with Gasteiger partial charge in [0, 0.05) is 24.4 Å². The van der Waals surface area contributed by atoms with Gasteiger partial charge in [0.2, 0.25) is 0 Å². The van der Waals surface area contributed by atoms with Gasteiger partial charge in [0.1, 0.15) is 23.6 Å². The van der Waals surface area contributed by atoms with E-state index in [0.29, 0.717) is 13.2 Å². The number of hydrogen-bond donors (Lipinski definition) is 1. The summed E-state index contributed by atoms with van der Waals surface area (Å²) in [4.78, 5) is 0. The summed E-state index contributed by atoms with van der Waals surface area (Å²) in [5.41, 5.74) is 5.26. The van der Waals surface area contributed by atoms with Gasteiger partial charge in [-0.15, -0.1) is 0 Å². The zero-order valence-corrected chi connectivity index (χ0v) is 23.0. The third kappa shape index (κ3) is 5.87. The second-order valence-corrected chi connectivity index (χ2v) is 10.8. The van der Waals surface area contributed by atoms with E-state index in [0.717, 1.165) is 42.0 Å². The average molecular weight is 510 g/mol. The molecule has 0 spiro atoms. The lowest BCUT2D eigenvalue weighted by molar-refractivity contribution is -0.167. The predicted molar refractivity (Wildman–Crippen MR) is 156 cm³/mol. The Morgan fingerprint density at radius 3 is 2.47 bits per heavy atom. The highest BCUT2D eigenvalue weighted by Crippen LogP contribution is 2.44. The minimum atomic E-state index is -0.545. The third-order valence-corrected chi connectivity index (χ3v) is 7.43. The molecule has 5 rings (SSSR count). The van der Waals surface area contributed by atoms with Gasteiger partial charge in [-0.3, -0.25) is 0 Å². The summed E-state index contributed by atoms with van der Waals surface area (Å²) in [7, 11) is 0. The van der Waals surface area contributed by atoms with Crippen molar-refractivity contribution in [2.75, 3.05) is 11.9 Å². The molecule has 4 aromatic rings. The van der Waals surface area contributed by atoms with Crippen LogP contribution in [0, 0.1) is 6.92 Å². The molecule has 4 aromatic carbocycles. The van der Waals surface area contributed by atoms with E-state index in [1.165, 1.54) is 21.9 Å². The Morgan fingerprint density at radius 2 is 1.66 bits per heavy atom. The number of fused-ring (bicyclic) bond motifs is 2. The van der Waals surface area contributed by atoms with Crippen LogP contribution in [0.2, 0.25) is 0 Å². The van der Waals surface area contributed by atoms with E-state index in [2.05, 4.69) is 118 Å². The number of hydrogen-bond acceptors (Lipinski definition) is 4. The minimum Gasteiger partial charge on any atom is -0.485 e. The molecule has 1 aliphatic rings. The lowest BCUT2D eigenvalue weighted by Gasteiger charge is -2.44. The van der Waals surface area contributed by atoms with E-state index in [1.807, 2.05) is 0 Å². The summed E-state index contributed by atoms with van der Waals surface area (Å²) in [6.07, 6.45) is 1.61. The molecule has 0 saturated heterocycles. The first-order valence-corrected chi connectivity index (χ1v) is 13.8. The van der Waals surface area contributed by atoms with Crippen LogP contribution >= 0.6 is 0 Å². The number of nitrogens with one attached hydrogen (secondary N) is 1. The lowest BCUT2D eigenvalue weighted by atomic mass is 9.87. The fraction of sp³-hybridized carbons (Fsp3) is 0.353. The molecule has 0 fully saturated rings. The number of aryl methyl sites for hydroxylation is 1. The van der Waals surface area contributed by atoms with Gasteiger partial charge in [-0.2, -0.15) is 0 Å². The zero-order valence-electron chi connectivity index (χ0n) is 23.0. The Balaban J connectivity index is 1.39. The summed E-state index contributed by atoms with van der Waals surface area (Å²) in [5.74, 6) is 0.864. The molecule has 2 unspecified atom stereocenters. The van der Waals surface area contributed by atoms with Gasteiger partial charge in [0.15, 0.2) is 0 Å². The summed E-state index contributed by atoms with van der Waals surface area (Å²) in [6.45, 7) is 10.5. The monoisotopic (exact) mass is 509 g/mol. The summed E-state index contributed by atoms with van der Waals surface area (Å²) < 4.78 is 19.7. The van der Waals surface area contributed by atoms with Crippen molar-refractivity contribution in [2.45, 2.75) is 71.5 Å². The fourth-order valence-corrected chi connectivity index (χ4v) is 5.18. The molecule has 0 radical (unpaired) electrons. The van der Waals surface area contributed by atoms with Crippen LogP contribution in [0.1, 0.15) is 62.0 Å². The van der Waals surface area contributed by atoms with Gasteiger partial charge in [-0.25, -0.2) is 0 Å². The number of unbranched alkanes of at least 4 members (excludes halogenated alkanes) is 1. The standard InChI is InChI=1S/C34H39NO3/c1-5-6-19-36-32-30-21-29(35-22-28-14-8-7-11-24(28)2)17-18-31(30)38-34(3,4)33(32)37-23-25-15-16-26-12-9-10-13-27(26)20-25/h7-18,20-21,32-33,35H,5-6,19,22-23H2,1-4H3. The number of ether oxygens (including phenoxy) is 3. The van der Waals surface area contributed by atoms with E-state index < -0.39 is 5.60 Å². The van der Waals surface area contributed by atoms with Crippen molar-refractivity contribution in [3.63, 3.8) is 0 Å². The van der Waals surface area contributed by atoms with E-state index in [4.69, 9.17) is 14.2 Å². The molecular weight excluding hydrogens is 470 g/mol. The van der Waals surface area contributed by atoms with Crippen LogP contribution in [-0.4, -0.2) is 18.3 Å². The number of anilines is 1. The fourth-order valence-electron chi connectivity index (χ4n) is 5.18. The van der Waals surface area contributed by atoms with Crippen LogP contribution in [0.5, 0.6) is 5.75 Å². The molecule has 1 aliphatic heterocycles. The van der Waals surface area contributed by atoms with E-state index >= 15 is 0 Å². The van der Waals surface area contributed by atoms with Gasteiger partial charge in [0.05, 0.1) is 6.61 Å². The van der Waals surface area contributed by atoms with Crippen molar-refractivity contribution in [2.24, 2.45) is 0 Å². The molecule has 0 bridgehead atoms. The highest BCUT2D eigenvalue weighted by Gasteiger charge is 2.45. The second kappa shape index (κ2) is 11.6. The van der Waals surface area contributed by atoms with Crippen molar-refractivity contribution in [3.8, 4) is 5.75 Å². The van der Waals surface area contributed by atoms with Crippen LogP contribution in [-0.2, 0) is 22.6 Å². The molecule has 1 N–H and O–H groups in total. The molecular formula is C34H39NO3. The lowest BCUT2D eigenvalue weighted by Crippen LogP contribution is -2.51. The van der Waals surface area contributed by atoms with Gasteiger partial charge >= 0.3 is 0 Å². The summed E-state index contributed by atoms with van der Waals surface area (Å²) in [6, 6.07) is 29.7. The smallest absolute Gasteiger partial charge is 0.132 e. The van der Waals surface area contributed by atoms with Gasteiger partial charge < -0.3 is 19.5 Å². The van der Waals surface area contributed by atoms with Crippen molar-refractivity contribution < 1.29 is 14.2 Å². The highest BCUT2D eigenvalue weighted by atomic mass is 16.6. The Kier molecular flexibility index (Phi) is 8.01. The van der Waals surface area contributed by atoms with Crippen molar-refractivity contribution >= 4 is 16.5 Å². The molecule has 0 saturated carbocycles. The van der Waals surface area contributed by atoms with Crippen molar-refractivity contribution in [1.82, 2.24) is 0 Å². The normalized spacial score (nSPS) is 18.1. The predicted octanol–water partition coefficient (Wildman–Crippen LogP) is 8.37. The van der Waals surface area contributed by atoms with Crippen LogP contribution in [0.3, 0.4) is 0 Å². The van der Waals surface area contributed by atoms with Crippen molar-refractivity contribution in [1.29, 1.82) is 0 Å². The maximum absolute atomic E-state index is 6.65. The zero-order chi connectivity index (χ0) is 26.5. The second-order valence-electron chi connectivity index (χ2n) is 10.8. The van der Waals surface area contributed by atoms with Gasteiger partial charge in [-0.1, -0.05) is 74.0 Å². The molecule has 0 amide bonds. The minimum absolute atomic E-state index is 0.221. The Labute approximate surface area is 226 Å². The Bertz CT molecular complexity index is 1380. The van der Waals surface area contributed by atoms with Crippen molar-refractivity contribution in [3.05, 3.63) is 107 Å². The molecule has 198 valence electrons. The van der Waals surface area contributed by atoms with Gasteiger partial charge in [0.25, 0.3) is 0 Å². The van der Waals surface area contributed by atoms with Crippen LogP contribution in [0.15, 0.2) is 84.9 Å². The van der Waals surface area contributed by atoms with Gasteiger partial charge in [-0.05, 0) is 78.9 Å². The quantitative estimate of drug-likeness (QED) is 0.218. The van der Waals surface area contributed by atoms with E-state index in [9.17, 15) is 0 Å². The third-order valence-electron chi connectivity index (χ3n) is 7.43. The SMILES string of the molecule is CCCCOC1c2cc(NCc3ccccc3C)ccc2OC(C)(C)C1OCc1ccc2ccccc2c1. The highest BCUT2D eigenvalue weighted by molar-refractivity contribution is 5.82. The first kappa shape index (κ1) is 26.3. The molecule has 1 heterocycles. The first-order valence-electron chi connectivity index (χ1n) is 13.8. The molecule has 38 heavy (non-hydrogen) atoms. The molecule has 0 aliphatic carbocycles. The van der Waals surface area contributed by atoms with E-state index in [1.54, 1.807) is 0 Å². The average Bonchev–Trinajstić information content (AvgIpc) is 2.92. The molecule has 4 nitrogen and oxygen atoms in total.